The highest BCUT2D eigenvalue weighted by Crippen LogP contribution is 2.43. The van der Waals surface area contributed by atoms with Crippen LogP contribution in [-0.4, -0.2) is 19.4 Å². The van der Waals surface area contributed by atoms with Crippen LogP contribution in [0.2, 0.25) is 0 Å². The first-order valence-electron chi connectivity index (χ1n) is 6.74. The summed E-state index contributed by atoms with van der Waals surface area (Å²) in [7, 11) is 3.37. The van der Waals surface area contributed by atoms with Gasteiger partial charge in [-0.2, -0.15) is 0 Å². The third-order valence-electron chi connectivity index (χ3n) is 3.78. The van der Waals surface area contributed by atoms with Crippen molar-refractivity contribution in [2.75, 3.05) is 20.0 Å². The standard InChI is InChI=1S/C15H18N2O3/c1-18-12-7-11(13-8-14(16)17-20-13)15(19-2)10-6-4-3-5-9(10)12/h7-8H,3-6H2,1-2H3,(H2,16,17). The number of ether oxygens (including phenoxy) is 2. The minimum absolute atomic E-state index is 0.360. The van der Waals surface area contributed by atoms with Crippen LogP contribution < -0.4 is 15.2 Å². The van der Waals surface area contributed by atoms with Crippen molar-refractivity contribution in [1.29, 1.82) is 0 Å². The molecule has 3 rings (SSSR count). The molecule has 0 spiro atoms. The molecule has 5 nitrogen and oxygen atoms in total. The van der Waals surface area contributed by atoms with E-state index in [1.807, 2.05) is 6.07 Å². The summed E-state index contributed by atoms with van der Waals surface area (Å²) in [5.41, 5.74) is 8.93. The summed E-state index contributed by atoms with van der Waals surface area (Å²) in [4.78, 5) is 0. The smallest absolute Gasteiger partial charge is 0.172 e. The summed E-state index contributed by atoms with van der Waals surface area (Å²) < 4.78 is 16.4. The van der Waals surface area contributed by atoms with Crippen molar-refractivity contribution in [1.82, 2.24) is 5.16 Å². The van der Waals surface area contributed by atoms with Gasteiger partial charge in [0.05, 0.1) is 19.8 Å². The molecule has 1 aliphatic rings. The molecule has 0 saturated heterocycles. The Hall–Kier alpha value is -2.17. The van der Waals surface area contributed by atoms with Crippen LogP contribution in [0.3, 0.4) is 0 Å². The van der Waals surface area contributed by atoms with E-state index in [-0.39, 0.29) is 0 Å². The van der Waals surface area contributed by atoms with Gasteiger partial charge in [-0.1, -0.05) is 5.16 Å². The summed E-state index contributed by atoms with van der Waals surface area (Å²) in [5.74, 6) is 2.69. The number of nitrogen functional groups attached to an aromatic ring is 1. The third-order valence-corrected chi connectivity index (χ3v) is 3.78. The molecule has 0 aliphatic heterocycles. The Balaban J connectivity index is 2.23. The molecular formula is C15H18N2O3. The van der Waals surface area contributed by atoms with Gasteiger partial charge in [-0.05, 0) is 31.7 Å². The zero-order chi connectivity index (χ0) is 14.1. The molecule has 0 amide bonds. The van der Waals surface area contributed by atoms with Crippen LogP contribution in [-0.2, 0) is 12.8 Å². The molecule has 1 heterocycles. The molecule has 0 fully saturated rings. The van der Waals surface area contributed by atoms with E-state index in [0.29, 0.717) is 11.6 Å². The predicted octanol–water partition coefficient (Wildman–Crippen LogP) is 2.82. The first-order chi connectivity index (χ1) is 9.74. The predicted molar refractivity (Wildman–Crippen MR) is 76.1 cm³/mol. The second kappa shape index (κ2) is 5.07. The zero-order valence-corrected chi connectivity index (χ0v) is 11.7. The molecule has 1 aromatic carbocycles. The highest BCUT2D eigenvalue weighted by Gasteiger charge is 2.24. The van der Waals surface area contributed by atoms with Gasteiger partial charge in [0.2, 0.25) is 0 Å². The van der Waals surface area contributed by atoms with Gasteiger partial charge in [-0.25, -0.2) is 0 Å². The Bertz CT molecular complexity index is 634. The Morgan fingerprint density at radius 1 is 1.10 bits per heavy atom. The second-order valence-electron chi connectivity index (χ2n) is 4.94. The first-order valence-corrected chi connectivity index (χ1v) is 6.74. The largest absolute Gasteiger partial charge is 0.496 e. The van der Waals surface area contributed by atoms with Crippen molar-refractivity contribution in [2.24, 2.45) is 0 Å². The van der Waals surface area contributed by atoms with E-state index in [1.165, 1.54) is 17.5 Å². The van der Waals surface area contributed by atoms with Crippen LogP contribution in [0.4, 0.5) is 5.82 Å². The van der Waals surface area contributed by atoms with E-state index in [2.05, 4.69) is 5.16 Å². The fourth-order valence-corrected chi connectivity index (χ4v) is 2.89. The SMILES string of the molecule is COc1cc(-c2cc(N)no2)c(OC)c2c1CCCC2. The van der Waals surface area contributed by atoms with Gasteiger partial charge in [0.1, 0.15) is 11.5 Å². The molecule has 0 bridgehead atoms. The number of nitrogens with two attached hydrogens (primary N) is 1. The summed E-state index contributed by atoms with van der Waals surface area (Å²) in [5, 5.41) is 3.74. The number of rotatable bonds is 3. The lowest BCUT2D eigenvalue weighted by molar-refractivity contribution is 0.386. The minimum Gasteiger partial charge on any atom is -0.496 e. The van der Waals surface area contributed by atoms with Gasteiger partial charge in [0, 0.05) is 17.2 Å². The molecule has 5 heteroatoms. The lowest BCUT2D eigenvalue weighted by Crippen LogP contribution is -2.08. The second-order valence-corrected chi connectivity index (χ2v) is 4.94. The highest BCUT2D eigenvalue weighted by atomic mass is 16.5. The minimum atomic E-state index is 0.360. The topological polar surface area (TPSA) is 70.5 Å². The average Bonchev–Trinajstić information content (AvgIpc) is 2.91. The number of anilines is 1. The molecule has 20 heavy (non-hydrogen) atoms. The molecule has 0 radical (unpaired) electrons. The fraction of sp³-hybridized carbons (Fsp3) is 0.400. The maximum absolute atomic E-state index is 5.64. The Morgan fingerprint density at radius 3 is 2.45 bits per heavy atom. The Kier molecular flexibility index (Phi) is 3.26. The van der Waals surface area contributed by atoms with Gasteiger partial charge < -0.3 is 19.7 Å². The first kappa shape index (κ1) is 12.8. The van der Waals surface area contributed by atoms with Crippen LogP contribution in [0.1, 0.15) is 24.0 Å². The number of aromatic nitrogens is 1. The number of methoxy groups -OCH3 is 2. The van der Waals surface area contributed by atoms with Gasteiger partial charge in [-0.15, -0.1) is 0 Å². The van der Waals surface area contributed by atoms with Crippen LogP contribution in [0.15, 0.2) is 16.7 Å². The number of hydrogen-bond donors (Lipinski definition) is 1. The van der Waals surface area contributed by atoms with Crippen molar-refractivity contribution in [3.63, 3.8) is 0 Å². The van der Waals surface area contributed by atoms with E-state index in [0.717, 1.165) is 36.3 Å². The van der Waals surface area contributed by atoms with Gasteiger partial charge in [-0.3, -0.25) is 0 Å². The van der Waals surface area contributed by atoms with Crippen molar-refractivity contribution in [3.8, 4) is 22.8 Å². The molecule has 1 aliphatic carbocycles. The van der Waals surface area contributed by atoms with Crippen LogP contribution in [0.5, 0.6) is 11.5 Å². The van der Waals surface area contributed by atoms with Crippen molar-refractivity contribution >= 4 is 5.82 Å². The number of hydrogen-bond acceptors (Lipinski definition) is 5. The van der Waals surface area contributed by atoms with E-state index in [9.17, 15) is 0 Å². The molecule has 0 saturated carbocycles. The summed E-state index contributed by atoms with van der Waals surface area (Å²) in [6.07, 6.45) is 4.36. The molecule has 1 aromatic heterocycles. The quantitative estimate of drug-likeness (QED) is 0.931. The summed E-state index contributed by atoms with van der Waals surface area (Å²) in [6, 6.07) is 3.65. The Morgan fingerprint density at radius 2 is 1.85 bits per heavy atom. The van der Waals surface area contributed by atoms with Gasteiger partial charge >= 0.3 is 0 Å². The molecular weight excluding hydrogens is 256 g/mol. The molecule has 106 valence electrons. The lowest BCUT2D eigenvalue weighted by Gasteiger charge is -2.23. The van der Waals surface area contributed by atoms with E-state index in [4.69, 9.17) is 19.7 Å². The average molecular weight is 274 g/mol. The normalized spacial score (nSPS) is 13.9. The van der Waals surface area contributed by atoms with Crippen LogP contribution in [0, 0.1) is 0 Å². The fourth-order valence-electron chi connectivity index (χ4n) is 2.89. The van der Waals surface area contributed by atoms with Crippen molar-refractivity contribution in [3.05, 3.63) is 23.3 Å². The monoisotopic (exact) mass is 274 g/mol. The van der Waals surface area contributed by atoms with Crippen molar-refractivity contribution in [2.45, 2.75) is 25.7 Å². The van der Waals surface area contributed by atoms with Crippen LogP contribution in [0.25, 0.3) is 11.3 Å². The number of benzene rings is 1. The van der Waals surface area contributed by atoms with E-state index >= 15 is 0 Å². The third kappa shape index (κ3) is 1.99. The van der Waals surface area contributed by atoms with Crippen LogP contribution >= 0.6 is 0 Å². The highest BCUT2D eigenvalue weighted by molar-refractivity contribution is 5.73. The molecule has 2 N–H and O–H groups in total. The molecule has 0 unspecified atom stereocenters. The summed E-state index contributed by atoms with van der Waals surface area (Å²) >= 11 is 0. The number of fused-ring (bicyclic) bond motifs is 1. The van der Waals surface area contributed by atoms with Gasteiger partial charge in [0.25, 0.3) is 0 Å². The van der Waals surface area contributed by atoms with E-state index in [1.54, 1.807) is 20.3 Å². The van der Waals surface area contributed by atoms with Crippen molar-refractivity contribution < 1.29 is 14.0 Å². The maximum Gasteiger partial charge on any atom is 0.172 e. The van der Waals surface area contributed by atoms with E-state index < -0.39 is 0 Å². The maximum atomic E-state index is 5.64. The summed E-state index contributed by atoms with van der Waals surface area (Å²) in [6.45, 7) is 0. The number of nitrogens with zero attached hydrogens (tertiary/aromatic N) is 1. The Labute approximate surface area is 117 Å². The lowest BCUT2D eigenvalue weighted by atomic mass is 9.88. The molecule has 0 atom stereocenters. The van der Waals surface area contributed by atoms with Gasteiger partial charge in [0.15, 0.2) is 11.6 Å². The zero-order valence-electron chi connectivity index (χ0n) is 11.7. The molecule has 2 aromatic rings.